The van der Waals surface area contributed by atoms with E-state index in [1.54, 1.807) is 6.19 Å². The highest BCUT2D eigenvalue weighted by Crippen LogP contribution is 2.27. The number of aliphatic imine (C=N–C) groups is 1. The summed E-state index contributed by atoms with van der Waals surface area (Å²) in [5, 5.41) is 8.69. The summed E-state index contributed by atoms with van der Waals surface area (Å²) in [5.41, 5.74) is 6.96. The fourth-order valence-electron chi connectivity index (χ4n) is 2.56. The van der Waals surface area contributed by atoms with E-state index in [0.29, 0.717) is 12.0 Å². The lowest BCUT2D eigenvalue weighted by atomic mass is 9.94. The fraction of sp³-hybridized carbons (Fsp3) is 0.429. The minimum absolute atomic E-state index is 0.301. The first kappa shape index (κ1) is 12.4. The number of nitrogens with two attached hydrogens (primary N) is 1. The molecule has 1 fully saturated rings. The van der Waals surface area contributed by atoms with E-state index < -0.39 is 0 Å². The lowest BCUT2D eigenvalue weighted by Crippen LogP contribution is -2.45. The number of benzene rings is 1. The minimum Gasteiger partial charge on any atom is -0.369 e. The molecule has 2 N–H and O–H groups in total. The molecule has 0 radical (unpaired) electrons. The number of rotatable bonds is 2. The van der Waals surface area contributed by atoms with Crippen LogP contribution in [-0.4, -0.2) is 12.0 Å². The van der Waals surface area contributed by atoms with Crippen molar-refractivity contribution in [3.63, 3.8) is 0 Å². The summed E-state index contributed by atoms with van der Waals surface area (Å²) in [5.74, 6) is 0.301. The lowest BCUT2D eigenvalue weighted by molar-refractivity contribution is 0.439. The Morgan fingerprint density at radius 1 is 1.22 bits per heavy atom. The minimum atomic E-state index is 0.301. The number of nitriles is 1. The molecule has 1 saturated carbocycles. The SMILES string of the molecule is N#CN=C(N)N(c1ccccc1)C1CCCCC1. The molecule has 1 aliphatic rings. The highest BCUT2D eigenvalue weighted by atomic mass is 15.3. The van der Waals surface area contributed by atoms with Gasteiger partial charge in [0.2, 0.25) is 12.2 Å². The molecule has 94 valence electrons. The van der Waals surface area contributed by atoms with Crippen LogP contribution in [0.4, 0.5) is 5.69 Å². The molecule has 0 spiro atoms. The van der Waals surface area contributed by atoms with Gasteiger partial charge in [-0.2, -0.15) is 5.26 Å². The quantitative estimate of drug-likeness (QED) is 0.492. The Hall–Kier alpha value is -2.02. The van der Waals surface area contributed by atoms with Crippen LogP contribution in [0.1, 0.15) is 32.1 Å². The van der Waals surface area contributed by atoms with Gasteiger partial charge in [0, 0.05) is 11.7 Å². The van der Waals surface area contributed by atoms with Crippen molar-refractivity contribution in [2.24, 2.45) is 10.7 Å². The van der Waals surface area contributed by atoms with Crippen LogP contribution in [0.2, 0.25) is 0 Å². The van der Waals surface area contributed by atoms with Crippen molar-refractivity contribution < 1.29 is 0 Å². The van der Waals surface area contributed by atoms with E-state index >= 15 is 0 Å². The molecule has 0 heterocycles. The molecule has 4 heteroatoms. The third kappa shape index (κ3) is 2.80. The lowest BCUT2D eigenvalue weighted by Gasteiger charge is -2.34. The molecule has 1 aromatic carbocycles. The zero-order valence-corrected chi connectivity index (χ0v) is 10.4. The molecule has 18 heavy (non-hydrogen) atoms. The van der Waals surface area contributed by atoms with Gasteiger partial charge in [0.05, 0.1) is 0 Å². The molecule has 0 amide bonds. The maximum Gasteiger partial charge on any atom is 0.212 e. The zero-order chi connectivity index (χ0) is 12.8. The highest BCUT2D eigenvalue weighted by Gasteiger charge is 2.24. The van der Waals surface area contributed by atoms with E-state index in [1.807, 2.05) is 35.2 Å². The Labute approximate surface area is 108 Å². The van der Waals surface area contributed by atoms with Crippen molar-refractivity contribution in [2.45, 2.75) is 38.1 Å². The first-order chi connectivity index (χ1) is 8.83. The second-order valence-electron chi connectivity index (χ2n) is 4.57. The van der Waals surface area contributed by atoms with Crippen LogP contribution in [0, 0.1) is 11.5 Å². The highest BCUT2D eigenvalue weighted by molar-refractivity contribution is 5.95. The second-order valence-corrected chi connectivity index (χ2v) is 4.57. The molecule has 1 aliphatic carbocycles. The van der Waals surface area contributed by atoms with Crippen molar-refractivity contribution in [1.82, 2.24) is 0 Å². The number of guanidine groups is 1. The normalized spacial score (nSPS) is 17.2. The molecule has 0 unspecified atom stereocenters. The smallest absolute Gasteiger partial charge is 0.212 e. The number of hydrogen-bond donors (Lipinski definition) is 1. The first-order valence-corrected chi connectivity index (χ1v) is 6.39. The summed E-state index contributed by atoms with van der Waals surface area (Å²) in [6.07, 6.45) is 7.71. The summed E-state index contributed by atoms with van der Waals surface area (Å²) in [6.45, 7) is 0. The van der Waals surface area contributed by atoms with Crippen LogP contribution in [0.15, 0.2) is 35.3 Å². The molecule has 0 bridgehead atoms. The van der Waals surface area contributed by atoms with Gasteiger partial charge in [0.1, 0.15) is 0 Å². The van der Waals surface area contributed by atoms with Crippen molar-refractivity contribution in [3.8, 4) is 6.19 Å². The number of hydrogen-bond acceptors (Lipinski definition) is 2. The molecule has 2 rings (SSSR count). The average Bonchev–Trinajstić information content (AvgIpc) is 2.42. The van der Waals surface area contributed by atoms with Gasteiger partial charge < -0.3 is 10.6 Å². The van der Waals surface area contributed by atoms with Crippen LogP contribution >= 0.6 is 0 Å². The Balaban J connectivity index is 2.28. The van der Waals surface area contributed by atoms with E-state index in [1.165, 1.54) is 19.3 Å². The summed E-state index contributed by atoms with van der Waals surface area (Å²) in [7, 11) is 0. The average molecular weight is 242 g/mol. The van der Waals surface area contributed by atoms with Crippen LogP contribution in [0.3, 0.4) is 0 Å². The standard InChI is InChI=1S/C14H18N4/c15-11-17-14(16)18(12-7-3-1-4-8-12)13-9-5-2-6-10-13/h1,3-4,7-8,13H,2,5-6,9-10H2,(H2,16,17). The van der Waals surface area contributed by atoms with Gasteiger partial charge >= 0.3 is 0 Å². The van der Waals surface area contributed by atoms with E-state index in [-0.39, 0.29) is 0 Å². The summed E-state index contributed by atoms with van der Waals surface area (Å²) >= 11 is 0. The molecule has 4 nitrogen and oxygen atoms in total. The van der Waals surface area contributed by atoms with Crippen LogP contribution in [0.25, 0.3) is 0 Å². The third-order valence-corrected chi connectivity index (χ3v) is 3.39. The maximum atomic E-state index is 8.69. The molecule has 0 atom stereocenters. The van der Waals surface area contributed by atoms with Gasteiger partial charge in [-0.05, 0) is 25.0 Å². The van der Waals surface area contributed by atoms with Gasteiger partial charge in [0.25, 0.3) is 0 Å². The largest absolute Gasteiger partial charge is 0.369 e. The number of para-hydroxylation sites is 1. The summed E-state index contributed by atoms with van der Waals surface area (Å²) in [6, 6.07) is 10.3. The van der Waals surface area contributed by atoms with Gasteiger partial charge in [-0.1, -0.05) is 37.5 Å². The monoisotopic (exact) mass is 242 g/mol. The molecular weight excluding hydrogens is 224 g/mol. The van der Waals surface area contributed by atoms with E-state index in [2.05, 4.69) is 4.99 Å². The Kier molecular flexibility index (Phi) is 4.19. The van der Waals surface area contributed by atoms with Crippen molar-refractivity contribution in [1.29, 1.82) is 5.26 Å². The predicted molar refractivity (Wildman–Crippen MR) is 73.0 cm³/mol. The van der Waals surface area contributed by atoms with Gasteiger partial charge in [-0.15, -0.1) is 4.99 Å². The number of nitrogens with zero attached hydrogens (tertiary/aromatic N) is 3. The van der Waals surface area contributed by atoms with Gasteiger partial charge in [0.15, 0.2) is 0 Å². The first-order valence-electron chi connectivity index (χ1n) is 6.39. The fourth-order valence-corrected chi connectivity index (χ4v) is 2.56. The van der Waals surface area contributed by atoms with Crippen molar-refractivity contribution in [2.75, 3.05) is 4.90 Å². The molecular formula is C14H18N4. The number of anilines is 1. The molecule has 0 saturated heterocycles. The topological polar surface area (TPSA) is 65.4 Å². The predicted octanol–water partition coefficient (Wildman–Crippen LogP) is 2.62. The van der Waals surface area contributed by atoms with Gasteiger partial charge in [-0.3, -0.25) is 0 Å². The van der Waals surface area contributed by atoms with E-state index in [9.17, 15) is 0 Å². The van der Waals surface area contributed by atoms with Gasteiger partial charge in [-0.25, -0.2) is 0 Å². The second kappa shape index (κ2) is 6.06. The molecule has 1 aromatic rings. The van der Waals surface area contributed by atoms with Crippen LogP contribution < -0.4 is 10.6 Å². The molecule has 0 aliphatic heterocycles. The Morgan fingerprint density at radius 3 is 2.50 bits per heavy atom. The molecule has 0 aromatic heterocycles. The van der Waals surface area contributed by atoms with Crippen molar-refractivity contribution >= 4 is 11.6 Å². The Bertz CT molecular complexity index is 441. The zero-order valence-electron chi connectivity index (χ0n) is 10.4. The van der Waals surface area contributed by atoms with Crippen molar-refractivity contribution in [3.05, 3.63) is 30.3 Å². The van der Waals surface area contributed by atoms with Crippen LogP contribution in [-0.2, 0) is 0 Å². The maximum absolute atomic E-state index is 8.69. The third-order valence-electron chi connectivity index (χ3n) is 3.39. The van der Waals surface area contributed by atoms with Crippen LogP contribution in [0.5, 0.6) is 0 Å². The Morgan fingerprint density at radius 2 is 1.89 bits per heavy atom. The summed E-state index contributed by atoms with van der Waals surface area (Å²) < 4.78 is 0. The summed E-state index contributed by atoms with van der Waals surface area (Å²) in [4.78, 5) is 5.70. The van der Waals surface area contributed by atoms with E-state index in [0.717, 1.165) is 18.5 Å². The van der Waals surface area contributed by atoms with E-state index in [4.69, 9.17) is 11.0 Å².